The normalized spacial score (nSPS) is 11.7. The number of fused-ring (bicyclic) bond motifs is 3. The quantitative estimate of drug-likeness (QED) is 0.318. The van der Waals surface area contributed by atoms with Gasteiger partial charge in [0.2, 0.25) is 0 Å². The Balaban J connectivity index is 0. The van der Waals surface area contributed by atoms with Crippen LogP contribution in [0.15, 0.2) is 72.3 Å². The predicted molar refractivity (Wildman–Crippen MR) is 114 cm³/mol. The summed E-state index contributed by atoms with van der Waals surface area (Å²) in [6.07, 6.45) is 8.50. The van der Waals surface area contributed by atoms with Gasteiger partial charge in [-0.05, 0) is 0 Å². The molecule has 0 saturated carbocycles. The second kappa shape index (κ2) is 14.5. The topological polar surface area (TPSA) is 0 Å². The standard InChI is InChI=1S/C13H9.C9H13.C2H6Si.2ClH.Zr/c1-3-7-12-10(5-1)9-11-6-2-4-8-13(11)12;1-9(2,3)8-6-4-5-7-8;1-3-2;;;/h1-9H;6-7H,4H2,1-3H3;1-2H3;2*1H;/q2*-1;;;;+4/p-2. The number of allylic oxidation sites excluding steroid dienone is 4. The Morgan fingerprint density at radius 3 is 1.61 bits per heavy atom. The summed E-state index contributed by atoms with van der Waals surface area (Å²) in [5, 5.41) is 5.39. The van der Waals surface area contributed by atoms with Gasteiger partial charge in [-0.25, -0.2) is 6.08 Å². The van der Waals surface area contributed by atoms with Gasteiger partial charge in [-0.1, -0.05) is 75.7 Å². The molecule has 4 rings (SSSR count). The second-order valence-corrected chi connectivity index (χ2v) is 8.28. The van der Waals surface area contributed by atoms with Gasteiger partial charge in [-0.3, -0.25) is 6.08 Å². The Morgan fingerprint density at radius 2 is 1.29 bits per heavy atom. The summed E-state index contributed by atoms with van der Waals surface area (Å²) in [5.41, 5.74) is 1.74. The van der Waals surface area contributed by atoms with Crippen molar-refractivity contribution in [2.24, 2.45) is 5.41 Å². The minimum absolute atomic E-state index is 0. The summed E-state index contributed by atoms with van der Waals surface area (Å²) in [5.74, 6) is 0. The molecule has 0 bridgehead atoms. The Labute approximate surface area is 205 Å². The van der Waals surface area contributed by atoms with E-state index in [2.05, 4.69) is 107 Å². The molecule has 3 aromatic carbocycles. The van der Waals surface area contributed by atoms with Gasteiger partial charge in [0.15, 0.2) is 0 Å². The Hall–Kier alpha value is -0.530. The summed E-state index contributed by atoms with van der Waals surface area (Å²) in [6, 6.07) is 19.3. The van der Waals surface area contributed by atoms with Crippen molar-refractivity contribution in [2.75, 3.05) is 0 Å². The molecule has 0 nitrogen and oxygen atoms in total. The van der Waals surface area contributed by atoms with Crippen molar-refractivity contribution in [3.8, 4) is 0 Å². The molecule has 0 unspecified atom stereocenters. The largest absolute Gasteiger partial charge is 4.00 e. The molecule has 28 heavy (non-hydrogen) atoms. The maximum absolute atomic E-state index is 3.16. The number of benzene rings is 2. The molecule has 0 amide bonds. The first-order valence-corrected chi connectivity index (χ1v) is 10.9. The van der Waals surface area contributed by atoms with E-state index in [1.165, 1.54) is 27.1 Å². The van der Waals surface area contributed by atoms with Gasteiger partial charge in [-0.15, -0.1) is 46.2 Å². The van der Waals surface area contributed by atoms with Gasteiger partial charge in [0.05, 0.1) is 0 Å². The van der Waals surface area contributed by atoms with E-state index in [-0.39, 0.29) is 51.0 Å². The molecule has 0 aromatic heterocycles. The SMILES string of the molecule is CC(C)(C)C1=CC[C-]=C1.C[Si]C.[Cl-].[Cl-].[Zr+4].c1ccc2c(c1)[cH-]c1ccccc12. The second-order valence-electron chi connectivity index (χ2n) is 7.28. The van der Waals surface area contributed by atoms with Crippen LogP contribution in [0.2, 0.25) is 13.1 Å². The van der Waals surface area contributed by atoms with Crippen LogP contribution in [0.25, 0.3) is 21.5 Å². The van der Waals surface area contributed by atoms with E-state index in [0.717, 1.165) is 15.9 Å². The van der Waals surface area contributed by atoms with Crippen molar-refractivity contribution in [3.05, 3.63) is 78.4 Å². The summed E-state index contributed by atoms with van der Waals surface area (Å²) in [6.45, 7) is 11.0. The van der Waals surface area contributed by atoms with Crippen LogP contribution in [0.1, 0.15) is 27.2 Å². The maximum atomic E-state index is 3.16. The molecule has 0 N–H and O–H groups in total. The van der Waals surface area contributed by atoms with Crippen LogP contribution in [-0.4, -0.2) is 9.52 Å². The first-order chi connectivity index (χ1) is 12.0. The average Bonchev–Trinajstić information content (AvgIpc) is 3.24. The van der Waals surface area contributed by atoms with Crippen molar-refractivity contribution in [1.82, 2.24) is 0 Å². The van der Waals surface area contributed by atoms with E-state index in [1.54, 1.807) is 0 Å². The van der Waals surface area contributed by atoms with Crippen LogP contribution in [0.4, 0.5) is 0 Å². The minimum atomic E-state index is 0. The molecule has 0 spiro atoms. The van der Waals surface area contributed by atoms with Gasteiger partial charge < -0.3 is 24.8 Å². The molecule has 0 saturated heterocycles. The summed E-state index contributed by atoms with van der Waals surface area (Å²) in [7, 11) is 1.08. The van der Waals surface area contributed by atoms with Gasteiger partial charge in [0.1, 0.15) is 0 Å². The van der Waals surface area contributed by atoms with Crippen molar-refractivity contribution >= 4 is 31.1 Å². The van der Waals surface area contributed by atoms with Crippen LogP contribution >= 0.6 is 0 Å². The average molecular weight is 507 g/mol. The van der Waals surface area contributed by atoms with Crippen molar-refractivity contribution < 1.29 is 51.0 Å². The van der Waals surface area contributed by atoms with E-state index in [0.29, 0.717) is 5.41 Å². The fourth-order valence-corrected chi connectivity index (χ4v) is 2.82. The number of hydrogen-bond donors (Lipinski definition) is 0. The monoisotopic (exact) mass is 504 g/mol. The summed E-state index contributed by atoms with van der Waals surface area (Å²) >= 11 is 0. The van der Waals surface area contributed by atoms with Crippen LogP contribution in [-0.2, 0) is 26.2 Å². The summed E-state index contributed by atoms with van der Waals surface area (Å²) < 4.78 is 0. The maximum Gasteiger partial charge on any atom is 4.00 e. The summed E-state index contributed by atoms with van der Waals surface area (Å²) in [4.78, 5) is 0. The molecule has 4 heteroatoms. The number of halogens is 2. The molecule has 3 aromatic rings. The first kappa shape index (κ1) is 29.7. The van der Waals surface area contributed by atoms with Gasteiger partial charge in [0, 0.05) is 9.52 Å². The molecule has 2 radical (unpaired) electrons. The fraction of sp³-hybridized carbons (Fsp3) is 0.292. The Bertz CT molecular complexity index is 823. The predicted octanol–water partition coefficient (Wildman–Crippen LogP) is 1.23. The van der Waals surface area contributed by atoms with E-state index in [1.807, 2.05) is 0 Å². The van der Waals surface area contributed by atoms with E-state index in [9.17, 15) is 0 Å². The molecule has 0 aliphatic heterocycles. The van der Waals surface area contributed by atoms with Gasteiger partial charge in [-0.2, -0.15) is 11.6 Å². The third-order valence-electron chi connectivity index (χ3n) is 4.09. The van der Waals surface area contributed by atoms with Gasteiger partial charge in [0.25, 0.3) is 0 Å². The van der Waals surface area contributed by atoms with Crippen LogP contribution in [0.3, 0.4) is 0 Å². The zero-order valence-electron chi connectivity index (χ0n) is 17.3. The third-order valence-corrected chi connectivity index (χ3v) is 4.09. The molecule has 146 valence electrons. The smallest absolute Gasteiger partial charge is 1.00 e. The molecule has 0 atom stereocenters. The molecule has 1 aliphatic carbocycles. The van der Waals surface area contributed by atoms with E-state index >= 15 is 0 Å². The van der Waals surface area contributed by atoms with Crippen molar-refractivity contribution in [1.29, 1.82) is 0 Å². The van der Waals surface area contributed by atoms with E-state index in [4.69, 9.17) is 0 Å². The Kier molecular flexibility index (Phi) is 15.3. The molecule has 0 fully saturated rings. The van der Waals surface area contributed by atoms with Gasteiger partial charge >= 0.3 is 26.2 Å². The van der Waals surface area contributed by atoms with Crippen LogP contribution < -0.4 is 24.8 Å². The number of rotatable bonds is 0. The zero-order chi connectivity index (χ0) is 18.3. The molecular weight excluding hydrogens is 478 g/mol. The van der Waals surface area contributed by atoms with Crippen molar-refractivity contribution in [3.63, 3.8) is 0 Å². The third kappa shape index (κ3) is 8.46. The fourth-order valence-electron chi connectivity index (χ4n) is 2.82. The number of hydrogen-bond acceptors (Lipinski definition) is 0. The Morgan fingerprint density at radius 1 is 0.857 bits per heavy atom. The molecular formula is C24H28Cl2SiZr. The molecule has 1 aliphatic rings. The van der Waals surface area contributed by atoms with Crippen LogP contribution in [0, 0.1) is 11.5 Å². The molecule has 0 heterocycles. The first-order valence-electron chi connectivity index (χ1n) is 8.86. The zero-order valence-corrected chi connectivity index (χ0v) is 22.3. The van der Waals surface area contributed by atoms with Crippen molar-refractivity contribution in [2.45, 2.75) is 40.3 Å². The van der Waals surface area contributed by atoms with E-state index < -0.39 is 0 Å². The minimum Gasteiger partial charge on any atom is -1.00 e. The van der Waals surface area contributed by atoms with Crippen LogP contribution in [0.5, 0.6) is 0 Å².